The second-order valence-corrected chi connectivity index (χ2v) is 19.5. The molecule has 0 radical (unpaired) electrons. The fraction of sp³-hybridized carbons (Fsp3) is 0.100. The molecule has 0 atom stereocenters. The van der Waals surface area contributed by atoms with Gasteiger partial charge in [-0.05, 0) is 147 Å². The molecule has 2 aliphatic rings. The minimum Gasteiger partial charge on any atom is -0.135 e. The summed E-state index contributed by atoms with van der Waals surface area (Å²) in [6.07, 6.45) is 0. The maximum atomic E-state index is 2.49. The molecule has 0 saturated heterocycles. The van der Waals surface area contributed by atoms with E-state index in [2.05, 4.69) is 210 Å². The molecule has 10 aromatic carbocycles. The van der Waals surface area contributed by atoms with Crippen LogP contribution in [0, 0.1) is 0 Å². The standard InChI is InChI=1S/C60H42S/c1-59(2)51-19-11-9-13-41(51)47-30-39(27-28-53(47)59)58-45-17-7-5-15-43(45)57(44-16-6-8-18-46(44)58)36-23-21-35(22-24-36)37-25-26-38-32-55-49(31-40(38)29-37)50-33-54-48(34-56(50)61-55)42-14-10-12-20-52(42)60(54,3)4/h5-34H,1-4H3. The Bertz CT molecular complexity index is 3630. The van der Waals surface area contributed by atoms with Crippen molar-refractivity contribution < 1.29 is 0 Å². The Kier molecular flexibility index (Phi) is 7.11. The third-order valence-corrected chi connectivity index (χ3v) is 15.6. The summed E-state index contributed by atoms with van der Waals surface area (Å²) in [5, 5.41) is 10.4. The van der Waals surface area contributed by atoms with Crippen LogP contribution in [0.3, 0.4) is 0 Å². The average Bonchev–Trinajstić information content (AvgIpc) is 3.84. The highest BCUT2D eigenvalue weighted by Gasteiger charge is 2.37. The normalized spacial score (nSPS) is 14.5. The summed E-state index contributed by atoms with van der Waals surface area (Å²) in [6.45, 7) is 9.46. The van der Waals surface area contributed by atoms with Crippen molar-refractivity contribution in [2.75, 3.05) is 0 Å². The molecule has 1 aromatic heterocycles. The molecule has 0 bridgehead atoms. The summed E-state index contributed by atoms with van der Waals surface area (Å²) >= 11 is 1.92. The number of rotatable bonds is 3. The van der Waals surface area contributed by atoms with E-state index in [0.717, 1.165) is 0 Å². The lowest BCUT2D eigenvalue weighted by atomic mass is 9.81. The number of hydrogen-bond acceptors (Lipinski definition) is 1. The van der Waals surface area contributed by atoms with E-state index < -0.39 is 0 Å². The highest BCUT2D eigenvalue weighted by atomic mass is 32.1. The molecule has 0 N–H and O–H groups in total. The summed E-state index contributed by atoms with van der Waals surface area (Å²) in [5.74, 6) is 0. The largest absolute Gasteiger partial charge is 0.135 e. The van der Waals surface area contributed by atoms with Gasteiger partial charge in [0.25, 0.3) is 0 Å². The zero-order valence-corrected chi connectivity index (χ0v) is 35.5. The Morgan fingerprint density at radius 1 is 0.295 bits per heavy atom. The van der Waals surface area contributed by atoms with E-state index >= 15 is 0 Å². The minimum absolute atomic E-state index is 0.0156. The van der Waals surface area contributed by atoms with E-state index in [-0.39, 0.29) is 10.8 Å². The van der Waals surface area contributed by atoms with Gasteiger partial charge in [0, 0.05) is 31.0 Å². The molecule has 0 spiro atoms. The maximum Gasteiger partial charge on any atom is 0.0361 e. The van der Waals surface area contributed by atoms with E-state index in [1.807, 2.05) is 11.3 Å². The van der Waals surface area contributed by atoms with Gasteiger partial charge in [0.1, 0.15) is 0 Å². The zero-order chi connectivity index (χ0) is 40.8. The molecule has 0 amide bonds. The predicted molar refractivity (Wildman–Crippen MR) is 263 cm³/mol. The fourth-order valence-corrected chi connectivity index (χ4v) is 12.5. The van der Waals surface area contributed by atoms with Crippen LogP contribution in [0.4, 0.5) is 0 Å². The lowest BCUT2D eigenvalue weighted by Gasteiger charge is -2.22. The van der Waals surface area contributed by atoms with Crippen LogP contribution < -0.4 is 0 Å². The van der Waals surface area contributed by atoms with Crippen molar-refractivity contribution in [3.8, 4) is 55.6 Å². The molecule has 13 rings (SSSR count). The van der Waals surface area contributed by atoms with Gasteiger partial charge in [-0.25, -0.2) is 0 Å². The molecular weight excluding hydrogens is 753 g/mol. The van der Waals surface area contributed by atoms with Gasteiger partial charge in [-0.2, -0.15) is 0 Å². The molecule has 1 heteroatoms. The van der Waals surface area contributed by atoms with Crippen molar-refractivity contribution in [2.45, 2.75) is 38.5 Å². The Balaban J connectivity index is 0.910. The average molecular weight is 795 g/mol. The summed E-state index contributed by atoms with van der Waals surface area (Å²) in [6, 6.07) is 69.1. The predicted octanol–water partition coefficient (Wildman–Crippen LogP) is 17.1. The molecule has 11 aromatic rings. The molecule has 0 saturated carbocycles. The highest BCUT2D eigenvalue weighted by molar-refractivity contribution is 7.26. The Morgan fingerprint density at radius 2 is 0.770 bits per heavy atom. The van der Waals surface area contributed by atoms with Crippen LogP contribution >= 0.6 is 11.3 Å². The van der Waals surface area contributed by atoms with Gasteiger partial charge in [-0.1, -0.05) is 173 Å². The van der Waals surface area contributed by atoms with E-state index in [4.69, 9.17) is 0 Å². The van der Waals surface area contributed by atoms with Gasteiger partial charge in [-0.3, -0.25) is 0 Å². The summed E-state index contributed by atoms with van der Waals surface area (Å²) in [7, 11) is 0. The third kappa shape index (κ3) is 4.87. The SMILES string of the molecule is CC1(C)c2ccccc2-c2cc(-c3c4ccccc4c(-c4ccc(-c5ccc6cc7sc8cc9c(cc8c7cc6c5)C(C)(C)c5ccccc5-9)cc4)c4ccccc34)ccc21. The first kappa shape index (κ1) is 35.0. The fourth-order valence-electron chi connectivity index (χ4n) is 11.3. The van der Waals surface area contributed by atoms with Crippen LogP contribution in [0.5, 0.6) is 0 Å². The maximum absolute atomic E-state index is 2.49. The number of thiophene rings is 1. The topological polar surface area (TPSA) is 0 Å². The van der Waals surface area contributed by atoms with E-state index in [9.17, 15) is 0 Å². The first-order chi connectivity index (χ1) is 29.7. The van der Waals surface area contributed by atoms with Gasteiger partial charge in [0.15, 0.2) is 0 Å². The molecule has 0 unspecified atom stereocenters. The highest BCUT2D eigenvalue weighted by Crippen LogP contribution is 2.53. The molecule has 61 heavy (non-hydrogen) atoms. The number of benzene rings is 10. The number of fused-ring (bicyclic) bond motifs is 12. The first-order valence-electron chi connectivity index (χ1n) is 21.6. The van der Waals surface area contributed by atoms with Crippen LogP contribution in [-0.4, -0.2) is 0 Å². The zero-order valence-electron chi connectivity index (χ0n) is 34.7. The van der Waals surface area contributed by atoms with Crippen molar-refractivity contribution in [3.63, 3.8) is 0 Å². The lowest BCUT2D eigenvalue weighted by Crippen LogP contribution is -2.14. The first-order valence-corrected chi connectivity index (χ1v) is 22.4. The molecule has 1 heterocycles. The van der Waals surface area contributed by atoms with Gasteiger partial charge in [0.05, 0.1) is 0 Å². The Morgan fingerprint density at radius 3 is 1.43 bits per heavy atom. The van der Waals surface area contributed by atoms with Crippen LogP contribution in [0.15, 0.2) is 182 Å². The molecule has 2 aliphatic carbocycles. The molecule has 0 fully saturated rings. The summed E-state index contributed by atoms with van der Waals surface area (Å²) in [4.78, 5) is 0. The van der Waals surface area contributed by atoms with Crippen LogP contribution in [0.25, 0.3) is 108 Å². The Hall–Kier alpha value is -6.80. The van der Waals surface area contributed by atoms with Gasteiger partial charge >= 0.3 is 0 Å². The third-order valence-electron chi connectivity index (χ3n) is 14.4. The van der Waals surface area contributed by atoms with Gasteiger partial charge in [0.2, 0.25) is 0 Å². The Labute approximate surface area is 360 Å². The van der Waals surface area contributed by atoms with Crippen molar-refractivity contribution in [1.82, 2.24) is 0 Å². The van der Waals surface area contributed by atoms with Gasteiger partial charge in [-0.15, -0.1) is 11.3 Å². The van der Waals surface area contributed by atoms with Crippen LogP contribution in [0.2, 0.25) is 0 Å². The molecule has 0 aliphatic heterocycles. The molecular formula is C60H42S. The van der Waals surface area contributed by atoms with Crippen molar-refractivity contribution in [3.05, 3.63) is 204 Å². The summed E-state index contributed by atoms with van der Waals surface area (Å²) < 4.78 is 2.72. The van der Waals surface area contributed by atoms with Crippen molar-refractivity contribution in [1.29, 1.82) is 0 Å². The van der Waals surface area contributed by atoms with Crippen LogP contribution in [0.1, 0.15) is 49.9 Å². The second kappa shape index (κ2) is 12.4. The number of hydrogen-bond donors (Lipinski definition) is 0. The van der Waals surface area contributed by atoms with E-state index in [1.165, 1.54) is 130 Å². The summed E-state index contributed by atoms with van der Waals surface area (Å²) in [5.41, 5.74) is 18.7. The quantitative estimate of drug-likeness (QED) is 0.156. The van der Waals surface area contributed by atoms with E-state index in [1.54, 1.807) is 0 Å². The minimum atomic E-state index is -0.0190. The lowest BCUT2D eigenvalue weighted by molar-refractivity contribution is 0.660. The second-order valence-electron chi connectivity index (χ2n) is 18.4. The molecule has 0 nitrogen and oxygen atoms in total. The molecule has 288 valence electrons. The monoisotopic (exact) mass is 794 g/mol. The van der Waals surface area contributed by atoms with E-state index in [0.29, 0.717) is 0 Å². The smallest absolute Gasteiger partial charge is 0.0361 e. The van der Waals surface area contributed by atoms with Crippen LogP contribution in [-0.2, 0) is 10.8 Å². The van der Waals surface area contributed by atoms with Crippen molar-refractivity contribution >= 4 is 63.8 Å². The van der Waals surface area contributed by atoms with Crippen molar-refractivity contribution in [2.24, 2.45) is 0 Å². The van der Waals surface area contributed by atoms with Gasteiger partial charge < -0.3 is 0 Å².